The third-order valence-electron chi connectivity index (χ3n) is 6.50. The van der Waals surface area contributed by atoms with Gasteiger partial charge in [0.25, 0.3) is 0 Å². The number of benzene rings is 2. The number of aromatic nitrogens is 1. The Morgan fingerprint density at radius 1 is 1.23 bits per heavy atom. The second-order valence-corrected chi connectivity index (χ2v) is 9.34. The van der Waals surface area contributed by atoms with Crippen molar-refractivity contribution in [1.29, 1.82) is 0 Å². The molecule has 1 atom stereocenters. The Labute approximate surface area is 185 Å². The summed E-state index contributed by atoms with van der Waals surface area (Å²) >= 11 is 1.65. The van der Waals surface area contributed by atoms with E-state index >= 15 is 0 Å². The maximum Gasteiger partial charge on any atom is 0.233 e. The Morgan fingerprint density at radius 3 is 2.84 bits per heavy atom. The molecule has 5 rings (SSSR count). The molecule has 0 spiro atoms. The number of carbonyl (C=O) groups is 1. The van der Waals surface area contributed by atoms with Crippen LogP contribution in [0.2, 0.25) is 0 Å². The van der Waals surface area contributed by atoms with Crippen LogP contribution in [0.25, 0.3) is 11.3 Å². The number of rotatable bonds is 5. The van der Waals surface area contributed by atoms with Crippen LogP contribution in [0.3, 0.4) is 0 Å². The van der Waals surface area contributed by atoms with Gasteiger partial charge in [0.05, 0.1) is 23.2 Å². The largest absolute Gasteiger partial charge is 0.496 e. The van der Waals surface area contributed by atoms with Crippen LogP contribution in [0, 0.1) is 5.82 Å². The molecule has 31 heavy (non-hydrogen) atoms. The minimum absolute atomic E-state index is 0.143. The zero-order valence-corrected chi connectivity index (χ0v) is 18.3. The Balaban J connectivity index is 1.34. The Hall–Kier alpha value is -2.73. The first-order chi connectivity index (χ1) is 15.1. The fraction of sp³-hybridized carbons (Fsp3) is 0.360. The first-order valence-corrected chi connectivity index (χ1v) is 11.6. The number of methoxy groups -OCH3 is 1. The summed E-state index contributed by atoms with van der Waals surface area (Å²) in [4.78, 5) is 20.3. The molecule has 0 N–H and O–H groups in total. The van der Waals surface area contributed by atoms with Gasteiger partial charge in [0.15, 0.2) is 0 Å². The summed E-state index contributed by atoms with van der Waals surface area (Å²) in [6, 6.07) is 14.4. The number of likely N-dealkylation sites (tertiary alicyclic amines) is 1. The van der Waals surface area contributed by atoms with E-state index in [0.29, 0.717) is 6.54 Å². The van der Waals surface area contributed by atoms with Gasteiger partial charge >= 0.3 is 0 Å². The molecule has 1 aromatic heterocycles. The molecule has 4 nitrogen and oxygen atoms in total. The summed E-state index contributed by atoms with van der Waals surface area (Å²) < 4.78 is 19.3. The molecule has 1 aliphatic heterocycles. The van der Waals surface area contributed by atoms with Crippen molar-refractivity contribution in [2.24, 2.45) is 0 Å². The van der Waals surface area contributed by atoms with E-state index in [2.05, 4.69) is 5.38 Å². The lowest BCUT2D eigenvalue weighted by atomic mass is 9.91. The number of nitrogens with zero attached hydrogens (tertiary/aromatic N) is 2. The highest BCUT2D eigenvalue weighted by Gasteiger charge is 2.53. The lowest BCUT2D eigenvalue weighted by Crippen LogP contribution is -2.44. The molecule has 160 valence electrons. The lowest BCUT2D eigenvalue weighted by Gasteiger charge is -2.34. The third kappa shape index (κ3) is 3.74. The standard InChI is InChI=1S/C25H25FN2O2S/c1-30-22-10-3-2-9-20(22)21-16-31-23(27-21)17-6-5-13-28(15-17)24(29)25(11-12-25)18-7-4-8-19(26)14-18/h2-4,7-10,14,16-17H,5-6,11-13,15H2,1H3. The van der Waals surface area contributed by atoms with E-state index in [9.17, 15) is 9.18 Å². The molecule has 2 aromatic carbocycles. The van der Waals surface area contributed by atoms with E-state index in [4.69, 9.17) is 9.72 Å². The monoisotopic (exact) mass is 436 g/mol. The zero-order chi connectivity index (χ0) is 21.4. The maximum absolute atomic E-state index is 13.8. The van der Waals surface area contributed by atoms with Gasteiger partial charge in [0, 0.05) is 30.0 Å². The molecule has 6 heteroatoms. The van der Waals surface area contributed by atoms with Crippen molar-refractivity contribution < 1.29 is 13.9 Å². The van der Waals surface area contributed by atoms with Gasteiger partial charge in [-0.3, -0.25) is 4.79 Å². The van der Waals surface area contributed by atoms with Gasteiger partial charge in [-0.15, -0.1) is 11.3 Å². The van der Waals surface area contributed by atoms with Crippen molar-refractivity contribution in [2.75, 3.05) is 20.2 Å². The molecule has 0 radical (unpaired) electrons. The average Bonchev–Trinajstić information content (AvgIpc) is 3.48. The Kier molecular flexibility index (Phi) is 5.26. The summed E-state index contributed by atoms with van der Waals surface area (Å²) in [6.45, 7) is 1.44. The second kappa shape index (κ2) is 8.08. The van der Waals surface area contributed by atoms with Crippen LogP contribution in [0.5, 0.6) is 5.75 Å². The van der Waals surface area contributed by atoms with E-state index in [1.165, 1.54) is 12.1 Å². The van der Waals surface area contributed by atoms with E-state index in [1.807, 2.05) is 35.2 Å². The van der Waals surface area contributed by atoms with Crippen molar-refractivity contribution in [3.63, 3.8) is 0 Å². The fourth-order valence-electron chi connectivity index (χ4n) is 4.66. The molecule has 2 fully saturated rings. The number of piperidine rings is 1. The molecule has 2 heterocycles. The van der Waals surface area contributed by atoms with E-state index < -0.39 is 5.41 Å². The van der Waals surface area contributed by atoms with Crippen molar-refractivity contribution in [2.45, 2.75) is 37.0 Å². The normalized spacial score (nSPS) is 19.8. The number of thiazole rings is 1. The van der Waals surface area contributed by atoms with Crippen LogP contribution in [-0.4, -0.2) is 36.0 Å². The second-order valence-electron chi connectivity index (χ2n) is 8.45. The first-order valence-electron chi connectivity index (χ1n) is 10.7. The summed E-state index contributed by atoms with van der Waals surface area (Å²) in [5.74, 6) is 0.907. The van der Waals surface area contributed by atoms with Gasteiger partial charge < -0.3 is 9.64 Å². The molecular weight excluding hydrogens is 411 g/mol. The van der Waals surface area contributed by atoms with Crippen molar-refractivity contribution >= 4 is 17.2 Å². The number of carbonyl (C=O) groups excluding carboxylic acids is 1. The highest BCUT2D eigenvalue weighted by Crippen LogP contribution is 2.50. The van der Waals surface area contributed by atoms with E-state index in [1.54, 1.807) is 24.5 Å². The van der Waals surface area contributed by atoms with Gasteiger partial charge in [-0.2, -0.15) is 0 Å². The fourth-order valence-corrected chi connectivity index (χ4v) is 5.61. The van der Waals surface area contributed by atoms with Crippen LogP contribution in [0.4, 0.5) is 4.39 Å². The van der Waals surface area contributed by atoms with Crippen LogP contribution in [0.1, 0.15) is 42.2 Å². The van der Waals surface area contributed by atoms with Crippen LogP contribution < -0.4 is 4.74 Å². The molecule has 0 bridgehead atoms. The predicted octanol–water partition coefficient (Wildman–Crippen LogP) is 5.40. The topological polar surface area (TPSA) is 42.4 Å². The van der Waals surface area contributed by atoms with Gasteiger partial charge in [-0.1, -0.05) is 24.3 Å². The summed E-state index contributed by atoms with van der Waals surface area (Å²) in [5.41, 5.74) is 2.18. The molecule has 3 aromatic rings. The lowest BCUT2D eigenvalue weighted by molar-refractivity contribution is -0.135. The highest BCUT2D eigenvalue weighted by molar-refractivity contribution is 7.10. The number of para-hydroxylation sites is 1. The molecule has 1 saturated heterocycles. The van der Waals surface area contributed by atoms with Gasteiger partial charge in [0.1, 0.15) is 11.6 Å². The minimum atomic E-state index is -0.532. The van der Waals surface area contributed by atoms with Crippen LogP contribution in [-0.2, 0) is 10.2 Å². The number of amides is 1. The Morgan fingerprint density at radius 2 is 2.06 bits per heavy atom. The SMILES string of the molecule is COc1ccccc1-c1csc(C2CCCN(C(=O)C3(c4cccc(F)c4)CC3)C2)n1. The van der Waals surface area contributed by atoms with E-state index in [0.717, 1.165) is 59.8 Å². The predicted molar refractivity (Wildman–Crippen MR) is 120 cm³/mol. The minimum Gasteiger partial charge on any atom is -0.496 e. The first kappa shape index (κ1) is 20.2. The number of ether oxygens (including phenoxy) is 1. The molecule has 1 aliphatic carbocycles. The van der Waals surface area contributed by atoms with E-state index in [-0.39, 0.29) is 17.6 Å². The van der Waals surface area contributed by atoms with Crippen molar-refractivity contribution in [1.82, 2.24) is 9.88 Å². The summed E-state index contributed by atoms with van der Waals surface area (Å²) in [6.07, 6.45) is 3.58. The van der Waals surface area contributed by atoms with Crippen molar-refractivity contribution in [3.05, 3.63) is 70.3 Å². The highest BCUT2D eigenvalue weighted by atomic mass is 32.1. The van der Waals surface area contributed by atoms with Crippen LogP contribution in [0.15, 0.2) is 53.9 Å². The van der Waals surface area contributed by atoms with Gasteiger partial charge in [0.2, 0.25) is 5.91 Å². The average molecular weight is 437 g/mol. The number of halogens is 1. The number of hydrogen-bond acceptors (Lipinski definition) is 4. The summed E-state index contributed by atoms with van der Waals surface area (Å²) in [5, 5.41) is 3.14. The molecule has 1 unspecified atom stereocenters. The summed E-state index contributed by atoms with van der Waals surface area (Å²) in [7, 11) is 1.67. The molecular formula is C25H25FN2O2S. The smallest absolute Gasteiger partial charge is 0.233 e. The molecule has 1 saturated carbocycles. The van der Waals surface area contributed by atoms with Crippen molar-refractivity contribution in [3.8, 4) is 17.0 Å². The maximum atomic E-state index is 13.8. The molecule has 1 amide bonds. The van der Waals surface area contributed by atoms with Gasteiger partial charge in [-0.25, -0.2) is 9.37 Å². The third-order valence-corrected chi connectivity index (χ3v) is 7.51. The number of hydrogen-bond donors (Lipinski definition) is 0. The van der Waals surface area contributed by atoms with Crippen LogP contribution >= 0.6 is 11.3 Å². The van der Waals surface area contributed by atoms with Gasteiger partial charge in [-0.05, 0) is 55.5 Å². The zero-order valence-electron chi connectivity index (χ0n) is 17.5. The Bertz CT molecular complexity index is 1110. The molecule has 2 aliphatic rings. The quantitative estimate of drug-likeness (QED) is 0.538.